The van der Waals surface area contributed by atoms with Crippen molar-refractivity contribution in [1.82, 2.24) is 20.4 Å². The van der Waals surface area contributed by atoms with Crippen molar-refractivity contribution in [2.45, 2.75) is 26.8 Å². The maximum absolute atomic E-state index is 12.1. The molecule has 0 aliphatic rings. The van der Waals surface area contributed by atoms with Gasteiger partial charge in [-0.1, -0.05) is 48.5 Å². The van der Waals surface area contributed by atoms with Gasteiger partial charge in [-0.25, -0.2) is 9.48 Å². The Kier molecular flexibility index (Phi) is 5.69. The van der Waals surface area contributed by atoms with E-state index in [9.17, 15) is 4.79 Å². The number of carbonyl (C=O) groups excluding carboxylic acids is 1. The Morgan fingerprint density at radius 1 is 0.962 bits per heavy atom. The molecule has 0 saturated heterocycles. The molecule has 0 radical (unpaired) electrons. The molecular formula is C21H24N4O. The number of para-hydroxylation sites is 1. The topological polar surface area (TPSA) is 59.0 Å². The lowest BCUT2D eigenvalue weighted by Crippen LogP contribution is -2.36. The number of carbonyl (C=O) groups is 1. The average molecular weight is 348 g/mol. The smallest absolute Gasteiger partial charge is 0.315 e. The molecule has 5 heteroatoms. The van der Waals surface area contributed by atoms with Gasteiger partial charge in [0.15, 0.2) is 0 Å². The summed E-state index contributed by atoms with van der Waals surface area (Å²) in [6.07, 6.45) is 0.818. The predicted octanol–water partition coefficient (Wildman–Crippen LogP) is 3.53. The fraction of sp³-hybridized carbons (Fsp3) is 0.238. The summed E-state index contributed by atoms with van der Waals surface area (Å²) in [5.74, 6) is 0. The highest BCUT2D eigenvalue weighted by molar-refractivity contribution is 5.73. The van der Waals surface area contributed by atoms with E-state index in [-0.39, 0.29) is 6.03 Å². The third kappa shape index (κ3) is 4.30. The Labute approximate surface area is 154 Å². The van der Waals surface area contributed by atoms with Gasteiger partial charge in [0.25, 0.3) is 0 Å². The van der Waals surface area contributed by atoms with Crippen LogP contribution in [0.2, 0.25) is 0 Å². The van der Waals surface area contributed by atoms with Crippen molar-refractivity contribution in [3.8, 4) is 5.69 Å². The van der Waals surface area contributed by atoms with Crippen LogP contribution >= 0.6 is 0 Å². The van der Waals surface area contributed by atoms with Crippen molar-refractivity contribution in [1.29, 1.82) is 0 Å². The molecule has 2 N–H and O–H groups in total. The van der Waals surface area contributed by atoms with Gasteiger partial charge in [0, 0.05) is 24.3 Å². The van der Waals surface area contributed by atoms with Crippen LogP contribution in [-0.2, 0) is 13.0 Å². The summed E-state index contributed by atoms with van der Waals surface area (Å²) in [7, 11) is 0. The molecule has 0 unspecified atom stereocenters. The number of amides is 2. The maximum atomic E-state index is 12.1. The predicted molar refractivity (Wildman–Crippen MR) is 103 cm³/mol. The number of nitrogens with one attached hydrogen (secondary N) is 2. The number of hydrogen-bond donors (Lipinski definition) is 2. The van der Waals surface area contributed by atoms with Crippen molar-refractivity contribution in [2.75, 3.05) is 6.54 Å². The second-order valence-corrected chi connectivity index (χ2v) is 6.24. The molecular weight excluding hydrogens is 324 g/mol. The molecule has 0 atom stereocenters. The quantitative estimate of drug-likeness (QED) is 0.716. The molecule has 3 aromatic rings. The largest absolute Gasteiger partial charge is 0.338 e. The Bertz CT molecular complexity index is 856. The van der Waals surface area contributed by atoms with Crippen molar-refractivity contribution in [3.05, 3.63) is 83.2 Å². The van der Waals surface area contributed by atoms with Crippen LogP contribution in [0.3, 0.4) is 0 Å². The molecule has 5 nitrogen and oxygen atoms in total. The lowest BCUT2D eigenvalue weighted by molar-refractivity contribution is 0.240. The van der Waals surface area contributed by atoms with Crippen LogP contribution in [0.5, 0.6) is 0 Å². The maximum Gasteiger partial charge on any atom is 0.315 e. The molecule has 2 amide bonds. The van der Waals surface area contributed by atoms with Crippen LogP contribution in [0.25, 0.3) is 5.69 Å². The van der Waals surface area contributed by atoms with Gasteiger partial charge in [0.05, 0.1) is 11.4 Å². The van der Waals surface area contributed by atoms with Crippen LogP contribution < -0.4 is 10.6 Å². The molecule has 0 aliphatic carbocycles. The van der Waals surface area contributed by atoms with E-state index in [0.717, 1.165) is 29.1 Å². The van der Waals surface area contributed by atoms with E-state index in [4.69, 9.17) is 0 Å². The van der Waals surface area contributed by atoms with Gasteiger partial charge in [-0.15, -0.1) is 0 Å². The molecule has 0 aliphatic heterocycles. The third-order valence-electron chi connectivity index (χ3n) is 4.41. The number of benzene rings is 2. The van der Waals surface area contributed by atoms with E-state index < -0.39 is 0 Å². The fourth-order valence-corrected chi connectivity index (χ4v) is 2.95. The number of nitrogens with zero attached hydrogens (tertiary/aromatic N) is 2. The number of rotatable bonds is 6. The first-order chi connectivity index (χ1) is 12.6. The Morgan fingerprint density at radius 3 is 2.31 bits per heavy atom. The highest BCUT2D eigenvalue weighted by Gasteiger charge is 2.13. The third-order valence-corrected chi connectivity index (χ3v) is 4.41. The van der Waals surface area contributed by atoms with Gasteiger partial charge < -0.3 is 10.6 Å². The van der Waals surface area contributed by atoms with Gasteiger partial charge in [0.1, 0.15) is 0 Å². The van der Waals surface area contributed by atoms with Crippen LogP contribution in [0.4, 0.5) is 4.79 Å². The number of aryl methyl sites for hydroxylation is 1. The lowest BCUT2D eigenvalue weighted by Gasteiger charge is -2.09. The van der Waals surface area contributed by atoms with Crippen molar-refractivity contribution in [3.63, 3.8) is 0 Å². The van der Waals surface area contributed by atoms with Crippen LogP contribution in [0.15, 0.2) is 60.7 Å². The van der Waals surface area contributed by atoms with Crippen molar-refractivity contribution < 1.29 is 4.79 Å². The van der Waals surface area contributed by atoms with Gasteiger partial charge in [0.2, 0.25) is 0 Å². The zero-order chi connectivity index (χ0) is 18.4. The molecule has 0 bridgehead atoms. The Morgan fingerprint density at radius 2 is 1.62 bits per heavy atom. The summed E-state index contributed by atoms with van der Waals surface area (Å²) < 4.78 is 1.92. The monoisotopic (exact) mass is 348 g/mol. The molecule has 26 heavy (non-hydrogen) atoms. The highest BCUT2D eigenvalue weighted by atomic mass is 16.2. The molecule has 0 spiro atoms. The average Bonchev–Trinajstić information content (AvgIpc) is 2.95. The summed E-state index contributed by atoms with van der Waals surface area (Å²) in [5, 5.41) is 10.4. The molecule has 134 valence electrons. The minimum Gasteiger partial charge on any atom is -0.338 e. The Balaban J connectivity index is 1.54. The number of urea groups is 1. The van der Waals surface area contributed by atoms with Crippen LogP contribution in [0.1, 0.15) is 22.5 Å². The number of aromatic nitrogens is 2. The van der Waals surface area contributed by atoms with Crippen molar-refractivity contribution in [2.24, 2.45) is 0 Å². The second kappa shape index (κ2) is 8.34. The normalized spacial score (nSPS) is 10.5. The first kappa shape index (κ1) is 17.7. The summed E-state index contributed by atoms with van der Waals surface area (Å²) in [4.78, 5) is 12.1. The molecule has 3 rings (SSSR count). The van der Waals surface area contributed by atoms with Crippen LogP contribution in [0, 0.1) is 13.8 Å². The summed E-state index contributed by atoms with van der Waals surface area (Å²) in [6, 6.07) is 20.0. The van der Waals surface area contributed by atoms with E-state index in [1.54, 1.807) is 0 Å². The van der Waals surface area contributed by atoms with E-state index >= 15 is 0 Å². The van der Waals surface area contributed by atoms with E-state index in [2.05, 4.69) is 27.9 Å². The molecule has 1 aromatic heterocycles. The van der Waals surface area contributed by atoms with E-state index in [1.165, 1.54) is 5.56 Å². The molecule has 0 saturated carbocycles. The minimum atomic E-state index is -0.160. The van der Waals surface area contributed by atoms with Gasteiger partial charge >= 0.3 is 6.03 Å². The molecule has 1 heterocycles. The second-order valence-electron chi connectivity index (χ2n) is 6.24. The first-order valence-corrected chi connectivity index (χ1v) is 8.81. The summed E-state index contributed by atoms with van der Waals surface area (Å²) >= 11 is 0. The summed E-state index contributed by atoms with van der Waals surface area (Å²) in [5.41, 5.74) is 5.25. The lowest BCUT2D eigenvalue weighted by atomic mass is 10.1. The number of hydrogen-bond acceptors (Lipinski definition) is 2. The highest BCUT2D eigenvalue weighted by Crippen LogP contribution is 2.17. The van der Waals surface area contributed by atoms with E-state index in [0.29, 0.717) is 13.1 Å². The zero-order valence-corrected chi connectivity index (χ0v) is 15.2. The van der Waals surface area contributed by atoms with Gasteiger partial charge in [-0.2, -0.15) is 5.10 Å². The minimum absolute atomic E-state index is 0.160. The van der Waals surface area contributed by atoms with Crippen LogP contribution in [-0.4, -0.2) is 22.4 Å². The Hall–Kier alpha value is -3.08. The zero-order valence-electron chi connectivity index (χ0n) is 15.2. The fourth-order valence-electron chi connectivity index (χ4n) is 2.95. The SMILES string of the molecule is Cc1nn(-c2ccccc2)c(C)c1CNC(=O)NCCc1ccccc1. The van der Waals surface area contributed by atoms with E-state index in [1.807, 2.05) is 67.1 Å². The van der Waals surface area contributed by atoms with Crippen molar-refractivity contribution >= 4 is 6.03 Å². The summed E-state index contributed by atoms with van der Waals surface area (Å²) in [6.45, 7) is 5.06. The van der Waals surface area contributed by atoms with Gasteiger partial charge in [-0.3, -0.25) is 0 Å². The van der Waals surface area contributed by atoms with Gasteiger partial charge in [-0.05, 0) is 38.0 Å². The first-order valence-electron chi connectivity index (χ1n) is 8.81. The molecule has 2 aromatic carbocycles. The molecule has 0 fully saturated rings. The standard InChI is InChI=1S/C21H24N4O/c1-16-20(17(2)25(24-16)19-11-7-4-8-12-19)15-23-21(26)22-14-13-18-9-5-3-6-10-18/h3-12H,13-15H2,1-2H3,(H2,22,23,26).